The summed E-state index contributed by atoms with van der Waals surface area (Å²) in [6, 6.07) is 16.0. The fourth-order valence-electron chi connectivity index (χ4n) is 2.38. The fraction of sp³-hybridized carbons (Fsp3) is 0.176. The van der Waals surface area contributed by atoms with Crippen molar-refractivity contribution in [2.75, 3.05) is 6.54 Å². The summed E-state index contributed by atoms with van der Waals surface area (Å²) in [4.78, 5) is 11.6. The van der Waals surface area contributed by atoms with E-state index >= 15 is 0 Å². The van der Waals surface area contributed by atoms with E-state index in [0.717, 1.165) is 22.2 Å². The first-order valence-electron chi connectivity index (χ1n) is 7.06. The Morgan fingerprint density at radius 3 is 2.67 bits per heavy atom. The quantitative estimate of drug-likeness (QED) is 0.798. The molecule has 0 unspecified atom stereocenters. The molecule has 21 heavy (non-hydrogen) atoms. The van der Waals surface area contributed by atoms with Gasteiger partial charge in [0.25, 0.3) is 0 Å². The van der Waals surface area contributed by atoms with Gasteiger partial charge >= 0.3 is 0 Å². The highest BCUT2D eigenvalue weighted by Gasteiger charge is 2.05. The van der Waals surface area contributed by atoms with E-state index in [-0.39, 0.29) is 5.91 Å². The van der Waals surface area contributed by atoms with Crippen molar-refractivity contribution >= 4 is 16.8 Å². The molecule has 1 heterocycles. The van der Waals surface area contributed by atoms with Gasteiger partial charge in [-0.05, 0) is 30.7 Å². The highest BCUT2D eigenvalue weighted by molar-refractivity contribution is 5.80. The van der Waals surface area contributed by atoms with Crippen LogP contribution in [0.3, 0.4) is 0 Å². The van der Waals surface area contributed by atoms with E-state index in [4.69, 9.17) is 0 Å². The number of para-hydroxylation sites is 1. The molecule has 0 atom stereocenters. The first kappa shape index (κ1) is 13.4. The molecule has 1 aromatic heterocycles. The first-order chi connectivity index (χ1) is 10.3. The van der Waals surface area contributed by atoms with Gasteiger partial charge < -0.3 is 5.32 Å². The number of hydrogen-bond acceptors (Lipinski definition) is 2. The highest BCUT2D eigenvalue weighted by Crippen LogP contribution is 2.18. The third-order valence-corrected chi connectivity index (χ3v) is 3.40. The van der Waals surface area contributed by atoms with Crippen LogP contribution in [0.15, 0.2) is 54.7 Å². The zero-order valence-electron chi connectivity index (χ0n) is 11.9. The molecule has 1 amide bonds. The molecule has 3 rings (SSSR count). The number of carbonyl (C=O) groups is 1. The number of fused-ring (bicyclic) bond motifs is 1. The molecule has 4 heteroatoms. The van der Waals surface area contributed by atoms with Crippen LogP contribution in [0.25, 0.3) is 16.6 Å². The zero-order chi connectivity index (χ0) is 14.7. The number of nitrogens with zero attached hydrogens (tertiary/aromatic N) is 2. The van der Waals surface area contributed by atoms with Crippen molar-refractivity contribution in [1.82, 2.24) is 15.1 Å². The van der Waals surface area contributed by atoms with Crippen LogP contribution in [0.2, 0.25) is 0 Å². The fourth-order valence-corrected chi connectivity index (χ4v) is 2.38. The largest absolute Gasteiger partial charge is 0.356 e. The van der Waals surface area contributed by atoms with Crippen molar-refractivity contribution in [3.05, 3.63) is 60.3 Å². The molecular formula is C17H17N3O. The predicted molar refractivity (Wildman–Crippen MR) is 83.5 cm³/mol. The van der Waals surface area contributed by atoms with Gasteiger partial charge in [0.05, 0.1) is 23.8 Å². The highest BCUT2D eigenvalue weighted by atomic mass is 16.1. The van der Waals surface area contributed by atoms with Crippen LogP contribution in [0.4, 0.5) is 0 Å². The molecule has 2 aromatic carbocycles. The number of nitrogens with one attached hydrogen (secondary N) is 1. The number of rotatable bonds is 4. The average molecular weight is 279 g/mol. The van der Waals surface area contributed by atoms with E-state index in [9.17, 15) is 4.79 Å². The van der Waals surface area contributed by atoms with Crippen molar-refractivity contribution in [2.24, 2.45) is 0 Å². The monoisotopic (exact) mass is 279 g/mol. The topological polar surface area (TPSA) is 46.9 Å². The lowest BCUT2D eigenvalue weighted by molar-refractivity contribution is -0.120. The van der Waals surface area contributed by atoms with Gasteiger partial charge in [-0.2, -0.15) is 5.10 Å². The standard InChI is InChI=1S/C17H17N3O/c1-2-18-17(21)11-13-7-9-15(10-8-13)20-16-6-4-3-5-14(16)12-19-20/h3-10,12H,2,11H2,1H3,(H,18,21). The molecule has 1 N–H and O–H groups in total. The zero-order valence-corrected chi connectivity index (χ0v) is 11.9. The summed E-state index contributed by atoms with van der Waals surface area (Å²) in [7, 11) is 0. The minimum Gasteiger partial charge on any atom is -0.356 e. The maximum absolute atomic E-state index is 11.6. The van der Waals surface area contributed by atoms with Gasteiger partial charge in [0.15, 0.2) is 0 Å². The SMILES string of the molecule is CCNC(=O)Cc1ccc(-n2ncc3ccccc32)cc1. The van der Waals surface area contributed by atoms with Gasteiger partial charge in [-0.15, -0.1) is 0 Å². The van der Waals surface area contributed by atoms with E-state index in [1.165, 1.54) is 0 Å². The summed E-state index contributed by atoms with van der Waals surface area (Å²) in [6.07, 6.45) is 2.27. The van der Waals surface area contributed by atoms with Crippen molar-refractivity contribution < 1.29 is 4.79 Å². The molecule has 0 saturated heterocycles. The van der Waals surface area contributed by atoms with Gasteiger partial charge in [0.2, 0.25) is 5.91 Å². The second kappa shape index (κ2) is 5.79. The molecule has 0 spiro atoms. The molecule has 0 aliphatic carbocycles. The Bertz CT molecular complexity index is 759. The normalized spacial score (nSPS) is 10.7. The molecule has 4 nitrogen and oxygen atoms in total. The molecule has 106 valence electrons. The molecule has 0 aliphatic heterocycles. The number of hydrogen-bond donors (Lipinski definition) is 1. The lowest BCUT2D eigenvalue weighted by Gasteiger charge is -2.06. The smallest absolute Gasteiger partial charge is 0.224 e. The molecular weight excluding hydrogens is 262 g/mol. The minimum atomic E-state index is 0.0507. The van der Waals surface area contributed by atoms with Crippen LogP contribution in [0.5, 0.6) is 0 Å². The summed E-state index contributed by atoms with van der Waals surface area (Å²) in [5.41, 5.74) is 3.07. The van der Waals surface area contributed by atoms with Gasteiger partial charge in [-0.3, -0.25) is 4.79 Å². The average Bonchev–Trinajstić information content (AvgIpc) is 2.92. The van der Waals surface area contributed by atoms with Gasteiger partial charge in [0, 0.05) is 11.9 Å². The van der Waals surface area contributed by atoms with Crippen molar-refractivity contribution in [3.63, 3.8) is 0 Å². The number of carbonyl (C=O) groups excluding carboxylic acids is 1. The Hall–Kier alpha value is -2.62. The van der Waals surface area contributed by atoms with Gasteiger partial charge in [0.1, 0.15) is 0 Å². The Balaban J connectivity index is 1.85. The lowest BCUT2D eigenvalue weighted by atomic mass is 10.1. The first-order valence-corrected chi connectivity index (χ1v) is 7.06. The van der Waals surface area contributed by atoms with Gasteiger partial charge in [-0.1, -0.05) is 30.3 Å². The van der Waals surface area contributed by atoms with E-state index < -0.39 is 0 Å². The summed E-state index contributed by atoms with van der Waals surface area (Å²) >= 11 is 0. The molecule has 3 aromatic rings. The van der Waals surface area contributed by atoms with Crippen molar-refractivity contribution in [3.8, 4) is 5.69 Å². The maximum Gasteiger partial charge on any atom is 0.224 e. The van der Waals surface area contributed by atoms with Crippen LogP contribution in [-0.4, -0.2) is 22.2 Å². The second-order valence-electron chi connectivity index (χ2n) is 4.91. The number of likely N-dealkylation sites (N-methyl/N-ethyl adjacent to an activating group) is 1. The third-order valence-electron chi connectivity index (χ3n) is 3.40. The summed E-state index contributed by atoms with van der Waals surface area (Å²) < 4.78 is 1.91. The molecule has 0 radical (unpaired) electrons. The Morgan fingerprint density at radius 2 is 1.90 bits per heavy atom. The molecule has 0 saturated carbocycles. The van der Waals surface area contributed by atoms with Crippen molar-refractivity contribution in [2.45, 2.75) is 13.3 Å². The van der Waals surface area contributed by atoms with E-state index in [1.807, 2.05) is 66.3 Å². The van der Waals surface area contributed by atoms with E-state index in [2.05, 4.69) is 10.4 Å². The molecule has 0 bridgehead atoms. The predicted octanol–water partition coefficient (Wildman–Crippen LogP) is 2.70. The Labute approximate surface area is 123 Å². The summed E-state index contributed by atoms with van der Waals surface area (Å²) in [6.45, 7) is 2.58. The lowest BCUT2D eigenvalue weighted by Crippen LogP contribution is -2.24. The minimum absolute atomic E-state index is 0.0507. The summed E-state index contributed by atoms with van der Waals surface area (Å²) in [5, 5.41) is 8.34. The van der Waals surface area contributed by atoms with E-state index in [1.54, 1.807) is 0 Å². The Kier molecular flexibility index (Phi) is 3.69. The number of amides is 1. The third kappa shape index (κ3) is 2.79. The van der Waals surface area contributed by atoms with E-state index in [0.29, 0.717) is 13.0 Å². The van der Waals surface area contributed by atoms with Crippen LogP contribution in [0, 0.1) is 0 Å². The van der Waals surface area contributed by atoms with Crippen LogP contribution in [-0.2, 0) is 11.2 Å². The molecule has 0 fully saturated rings. The number of benzene rings is 2. The number of aromatic nitrogens is 2. The van der Waals surface area contributed by atoms with Crippen LogP contribution in [0.1, 0.15) is 12.5 Å². The van der Waals surface area contributed by atoms with Gasteiger partial charge in [-0.25, -0.2) is 4.68 Å². The molecule has 0 aliphatic rings. The van der Waals surface area contributed by atoms with Crippen LogP contribution >= 0.6 is 0 Å². The van der Waals surface area contributed by atoms with Crippen molar-refractivity contribution in [1.29, 1.82) is 0 Å². The maximum atomic E-state index is 11.6. The summed E-state index contributed by atoms with van der Waals surface area (Å²) in [5.74, 6) is 0.0507. The van der Waals surface area contributed by atoms with Crippen LogP contribution < -0.4 is 5.32 Å². The second-order valence-corrected chi connectivity index (χ2v) is 4.91. The Morgan fingerprint density at radius 1 is 1.14 bits per heavy atom.